The van der Waals surface area contributed by atoms with Gasteiger partial charge in [-0.3, -0.25) is 9.48 Å². The Morgan fingerprint density at radius 1 is 1.67 bits per heavy atom. The van der Waals surface area contributed by atoms with E-state index in [-0.39, 0.29) is 5.92 Å². The first-order chi connectivity index (χ1) is 7.20. The van der Waals surface area contributed by atoms with E-state index in [1.807, 2.05) is 24.6 Å². The van der Waals surface area contributed by atoms with Gasteiger partial charge in [0.1, 0.15) is 5.78 Å². The van der Waals surface area contributed by atoms with Crippen molar-refractivity contribution in [3.8, 4) is 0 Å². The molecule has 0 bridgehead atoms. The molecule has 1 saturated heterocycles. The Labute approximate surface area is 89.7 Å². The summed E-state index contributed by atoms with van der Waals surface area (Å²) in [4.78, 5) is 11.8. The zero-order chi connectivity index (χ0) is 10.8. The van der Waals surface area contributed by atoms with Crippen molar-refractivity contribution in [2.75, 3.05) is 13.1 Å². The first-order valence-electron chi connectivity index (χ1n) is 5.47. The Hall–Kier alpha value is -1.16. The number of Topliss-reactive ketones (excluding diaryl/α,β-unsaturated/α-hetero) is 1. The quantitative estimate of drug-likeness (QED) is 0.784. The normalized spacial score (nSPS) is 16.4. The highest BCUT2D eigenvalue weighted by molar-refractivity contribution is 5.84. The molecule has 2 rings (SSSR count). The maximum Gasteiger partial charge on any atom is 0.144 e. The van der Waals surface area contributed by atoms with Gasteiger partial charge in [0.15, 0.2) is 0 Å². The number of nitrogens with zero attached hydrogens (tertiary/aromatic N) is 2. The van der Waals surface area contributed by atoms with Gasteiger partial charge >= 0.3 is 0 Å². The monoisotopic (exact) mass is 207 g/mol. The zero-order valence-corrected chi connectivity index (χ0v) is 9.29. The molecule has 0 radical (unpaired) electrons. The second-order valence-corrected chi connectivity index (χ2v) is 4.09. The molecule has 1 aromatic heterocycles. The summed E-state index contributed by atoms with van der Waals surface area (Å²) in [5.74, 6) is 0.564. The molecule has 15 heavy (non-hydrogen) atoms. The van der Waals surface area contributed by atoms with E-state index in [2.05, 4.69) is 10.4 Å². The maximum atomic E-state index is 11.8. The Kier molecular flexibility index (Phi) is 2.86. The number of carbonyl (C=O) groups is 1. The Morgan fingerprint density at radius 3 is 2.93 bits per heavy atom. The predicted molar refractivity (Wildman–Crippen MR) is 57.7 cm³/mol. The van der Waals surface area contributed by atoms with Gasteiger partial charge in [0.05, 0.1) is 5.69 Å². The summed E-state index contributed by atoms with van der Waals surface area (Å²) < 4.78 is 1.92. The van der Waals surface area contributed by atoms with E-state index in [1.54, 1.807) is 0 Å². The molecule has 0 amide bonds. The molecular weight excluding hydrogens is 190 g/mol. The molecule has 0 aliphatic carbocycles. The van der Waals surface area contributed by atoms with Gasteiger partial charge in [-0.25, -0.2) is 0 Å². The number of hydrogen-bond donors (Lipinski definition) is 1. The maximum absolute atomic E-state index is 11.8. The van der Waals surface area contributed by atoms with Crippen LogP contribution in [0.2, 0.25) is 0 Å². The third kappa shape index (κ3) is 2.09. The van der Waals surface area contributed by atoms with Crippen LogP contribution in [-0.2, 0) is 17.8 Å². The number of nitrogens with one attached hydrogen (secondary N) is 1. The summed E-state index contributed by atoms with van der Waals surface area (Å²) in [6.45, 7) is 6.53. The molecule has 0 saturated carbocycles. The van der Waals surface area contributed by atoms with Crippen LogP contribution in [-0.4, -0.2) is 28.7 Å². The van der Waals surface area contributed by atoms with Crippen LogP contribution < -0.4 is 5.32 Å². The molecule has 4 nitrogen and oxygen atoms in total. The Balaban J connectivity index is 2.05. The Morgan fingerprint density at radius 2 is 2.40 bits per heavy atom. The number of aryl methyl sites for hydroxylation is 2. The minimum absolute atomic E-state index is 0.227. The third-order valence-electron chi connectivity index (χ3n) is 2.88. The lowest BCUT2D eigenvalue weighted by atomic mass is 9.95. The van der Waals surface area contributed by atoms with Gasteiger partial charge in [-0.15, -0.1) is 0 Å². The van der Waals surface area contributed by atoms with E-state index < -0.39 is 0 Å². The van der Waals surface area contributed by atoms with Crippen LogP contribution in [0.4, 0.5) is 0 Å². The SMILES string of the molecule is CCn1nc(C)cc1CC(=O)C1CNC1. The van der Waals surface area contributed by atoms with E-state index in [0.717, 1.165) is 31.0 Å². The van der Waals surface area contributed by atoms with Crippen molar-refractivity contribution in [2.24, 2.45) is 5.92 Å². The van der Waals surface area contributed by atoms with Gasteiger partial charge in [-0.05, 0) is 19.9 Å². The molecule has 1 aliphatic heterocycles. The lowest BCUT2D eigenvalue weighted by Crippen LogP contribution is -2.47. The van der Waals surface area contributed by atoms with Crippen LogP contribution >= 0.6 is 0 Å². The van der Waals surface area contributed by atoms with Crippen molar-refractivity contribution in [1.29, 1.82) is 0 Å². The minimum Gasteiger partial charge on any atom is -0.315 e. The van der Waals surface area contributed by atoms with Gasteiger partial charge in [0.2, 0.25) is 0 Å². The van der Waals surface area contributed by atoms with E-state index in [4.69, 9.17) is 0 Å². The summed E-state index contributed by atoms with van der Waals surface area (Å²) in [5.41, 5.74) is 2.04. The summed E-state index contributed by atoms with van der Waals surface area (Å²) in [5, 5.41) is 7.45. The summed E-state index contributed by atoms with van der Waals surface area (Å²) in [6.07, 6.45) is 0.529. The van der Waals surface area contributed by atoms with Gasteiger partial charge in [0, 0.05) is 37.7 Å². The average Bonchev–Trinajstić information content (AvgIpc) is 2.42. The lowest BCUT2D eigenvalue weighted by Gasteiger charge is -2.25. The van der Waals surface area contributed by atoms with E-state index in [1.165, 1.54) is 0 Å². The van der Waals surface area contributed by atoms with Crippen LogP contribution in [0.15, 0.2) is 6.07 Å². The molecule has 0 unspecified atom stereocenters. The standard InChI is InChI=1S/C11H17N3O/c1-3-14-10(4-8(2)13-14)5-11(15)9-6-12-7-9/h4,9,12H,3,5-7H2,1-2H3. The molecule has 1 aliphatic rings. The second kappa shape index (κ2) is 4.14. The molecular formula is C11H17N3O. The summed E-state index contributed by atoms with van der Waals surface area (Å²) >= 11 is 0. The largest absolute Gasteiger partial charge is 0.315 e. The topological polar surface area (TPSA) is 46.9 Å². The Bertz CT molecular complexity index is 366. The van der Waals surface area contributed by atoms with Crippen molar-refractivity contribution in [3.63, 3.8) is 0 Å². The first kappa shape index (κ1) is 10.4. The number of rotatable bonds is 4. The van der Waals surface area contributed by atoms with Gasteiger partial charge in [-0.2, -0.15) is 5.10 Å². The summed E-state index contributed by atoms with van der Waals surface area (Å²) in [7, 11) is 0. The van der Waals surface area contributed by atoms with E-state index in [0.29, 0.717) is 12.2 Å². The van der Waals surface area contributed by atoms with Crippen molar-refractivity contribution in [1.82, 2.24) is 15.1 Å². The molecule has 0 atom stereocenters. The van der Waals surface area contributed by atoms with Crippen molar-refractivity contribution < 1.29 is 4.79 Å². The van der Waals surface area contributed by atoms with Gasteiger partial charge in [0.25, 0.3) is 0 Å². The van der Waals surface area contributed by atoms with Crippen LogP contribution in [0.1, 0.15) is 18.3 Å². The molecule has 1 fully saturated rings. The van der Waals surface area contributed by atoms with E-state index in [9.17, 15) is 4.79 Å². The zero-order valence-electron chi connectivity index (χ0n) is 9.29. The predicted octanol–water partition coefficient (Wildman–Crippen LogP) is 0.542. The highest BCUT2D eigenvalue weighted by Crippen LogP contribution is 2.11. The fourth-order valence-corrected chi connectivity index (χ4v) is 1.85. The molecule has 1 aromatic rings. The number of hydrogen-bond acceptors (Lipinski definition) is 3. The number of ketones is 1. The van der Waals surface area contributed by atoms with Gasteiger partial charge in [-0.1, -0.05) is 0 Å². The van der Waals surface area contributed by atoms with E-state index >= 15 is 0 Å². The van der Waals surface area contributed by atoms with Crippen LogP contribution in [0.3, 0.4) is 0 Å². The summed E-state index contributed by atoms with van der Waals surface area (Å²) in [6, 6.07) is 2.01. The number of aromatic nitrogens is 2. The van der Waals surface area contributed by atoms with Crippen molar-refractivity contribution >= 4 is 5.78 Å². The van der Waals surface area contributed by atoms with Crippen LogP contribution in [0.25, 0.3) is 0 Å². The van der Waals surface area contributed by atoms with Crippen LogP contribution in [0.5, 0.6) is 0 Å². The molecule has 0 spiro atoms. The molecule has 2 heterocycles. The molecule has 1 N–H and O–H groups in total. The van der Waals surface area contributed by atoms with Crippen molar-refractivity contribution in [3.05, 3.63) is 17.5 Å². The molecule has 0 aromatic carbocycles. The second-order valence-electron chi connectivity index (χ2n) is 4.09. The average molecular weight is 207 g/mol. The smallest absolute Gasteiger partial charge is 0.144 e. The third-order valence-corrected chi connectivity index (χ3v) is 2.88. The fourth-order valence-electron chi connectivity index (χ4n) is 1.85. The minimum atomic E-state index is 0.227. The fraction of sp³-hybridized carbons (Fsp3) is 0.636. The highest BCUT2D eigenvalue weighted by atomic mass is 16.1. The highest BCUT2D eigenvalue weighted by Gasteiger charge is 2.25. The number of carbonyl (C=O) groups excluding carboxylic acids is 1. The lowest BCUT2D eigenvalue weighted by molar-refractivity contribution is -0.123. The first-order valence-corrected chi connectivity index (χ1v) is 5.47. The van der Waals surface area contributed by atoms with Crippen molar-refractivity contribution in [2.45, 2.75) is 26.8 Å². The van der Waals surface area contributed by atoms with Gasteiger partial charge < -0.3 is 5.32 Å². The molecule has 4 heteroatoms. The van der Waals surface area contributed by atoms with Crippen LogP contribution in [0, 0.1) is 12.8 Å². The molecule has 82 valence electrons.